The van der Waals surface area contributed by atoms with Crippen LogP contribution in [0.4, 0.5) is 4.79 Å². The number of unbranched alkanes of at least 4 members (excludes halogenated alkanes) is 3. The summed E-state index contributed by atoms with van der Waals surface area (Å²) in [5, 5.41) is 0. The first-order valence-corrected chi connectivity index (χ1v) is 13.0. The minimum Gasteiger partial charge on any atom is -0.438 e. The molecule has 1 spiro atoms. The number of hydrogen-bond acceptors (Lipinski definition) is 8. The molecule has 5 rings (SSSR count). The van der Waals surface area contributed by atoms with E-state index in [1.54, 1.807) is 0 Å². The smallest absolute Gasteiger partial charge is 0.438 e. The van der Waals surface area contributed by atoms with Gasteiger partial charge in [0.15, 0.2) is 11.9 Å². The number of fused-ring (bicyclic) bond motifs is 2. The van der Waals surface area contributed by atoms with Crippen molar-refractivity contribution in [3.05, 3.63) is 0 Å². The second-order valence-corrected chi connectivity index (χ2v) is 11.1. The monoisotopic (exact) mass is 458 g/mol. The molecule has 2 bridgehead atoms. The van der Waals surface area contributed by atoms with E-state index < -0.39 is 17.5 Å². The first-order chi connectivity index (χ1) is 14.9. The molecule has 0 aromatic heterocycles. The second-order valence-electron chi connectivity index (χ2n) is 9.86. The standard InChI is InChI=1S/C23H38O7S/c1-15-9-10-18-16(2)19(31-14-8-6-5-7-13-26-21(24)25-4)27-20-23(18)17(15)11-12-22(3,28-20)29-30-23/h15-20H,5-14H2,1-4H3/t15-,16-,17+,18+,19+,20-,22-,23-/m1/s1. The van der Waals surface area contributed by atoms with Gasteiger partial charge in [-0.25, -0.2) is 14.6 Å². The van der Waals surface area contributed by atoms with E-state index in [-0.39, 0.29) is 11.7 Å². The van der Waals surface area contributed by atoms with E-state index in [0.717, 1.165) is 50.7 Å². The van der Waals surface area contributed by atoms with Crippen molar-refractivity contribution in [2.75, 3.05) is 19.5 Å². The molecule has 4 aliphatic heterocycles. The van der Waals surface area contributed by atoms with Crippen LogP contribution in [-0.2, 0) is 28.7 Å². The fourth-order valence-corrected chi connectivity index (χ4v) is 7.31. The van der Waals surface area contributed by atoms with E-state index in [0.29, 0.717) is 30.3 Å². The van der Waals surface area contributed by atoms with Crippen molar-refractivity contribution in [2.24, 2.45) is 23.7 Å². The van der Waals surface area contributed by atoms with Gasteiger partial charge in [-0.2, -0.15) is 0 Å². The maximum Gasteiger partial charge on any atom is 0.507 e. The zero-order valence-corrected chi connectivity index (χ0v) is 20.1. The molecule has 5 fully saturated rings. The molecule has 0 aromatic rings. The lowest BCUT2D eigenvalue weighted by Crippen LogP contribution is -2.70. The van der Waals surface area contributed by atoms with Gasteiger partial charge < -0.3 is 18.9 Å². The molecular weight excluding hydrogens is 420 g/mol. The molecule has 4 saturated heterocycles. The molecule has 178 valence electrons. The van der Waals surface area contributed by atoms with Crippen LogP contribution >= 0.6 is 11.8 Å². The minimum absolute atomic E-state index is 0.115. The van der Waals surface area contributed by atoms with Gasteiger partial charge in [-0.05, 0) is 62.5 Å². The fourth-order valence-electron chi connectivity index (χ4n) is 6.03. The van der Waals surface area contributed by atoms with Gasteiger partial charge in [0.2, 0.25) is 5.79 Å². The van der Waals surface area contributed by atoms with E-state index in [9.17, 15) is 4.79 Å². The Morgan fingerprint density at radius 2 is 1.87 bits per heavy atom. The van der Waals surface area contributed by atoms with Crippen molar-refractivity contribution in [3.8, 4) is 0 Å². The second kappa shape index (κ2) is 9.75. The molecular formula is C23H38O7S. The van der Waals surface area contributed by atoms with Crippen molar-refractivity contribution < 1.29 is 33.5 Å². The van der Waals surface area contributed by atoms with Crippen molar-refractivity contribution in [3.63, 3.8) is 0 Å². The number of carbonyl (C=O) groups is 1. The van der Waals surface area contributed by atoms with Crippen LogP contribution < -0.4 is 0 Å². The summed E-state index contributed by atoms with van der Waals surface area (Å²) in [6.45, 7) is 7.06. The summed E-state index contributed by atoms with van der Waals surface area (Å²) < 4.78 is 22.4. The Hall–Kier alpha value is -0.540. The predicted molar refractivity (Wildman–Crippen MR) is 116 cm³/mol. The fraction of sp³-hybridized carbons (Fsp3) is 0.957. The number of methoxy groups -OCH3 is 1. The molecule has 0 aromatic carbocycles. The third-order valence-electron chi connectivity index (χ3n) is 7.80. The van der Waals surface area contributed by atoms with Crippen molar-refractivity contribution in [1.29, 1.82) is 0 Å². The molecule has 0 radical (unpaired) electrons. The number of carbonyl (C=O) groups excluding carboxylic acids is 1. The lowest BCUT2D eigenvalue weighted by molar-refractivity contribution is -0.568. The van der Waals surface area contributed by atoms with Gasteiger partial charge in [-0.15, -0.1) is 11.8 Å². The van der Waals surface area contributed by atoms with Crippen LogP contribution in [0.15, 0.2) is 0 Å². The molecule has 5 aliphatic rings. The number of ether oxygens (including phenoxy) is 4. The lowest BCUT2D eigenvalue weighted by atomic mass is 9.58. The summed E-state index contributed by atoms with van der Waals surface area (Å²) in [7, 11) is 1.33. The number of rotatable bonds is 8. The SMILES string of the molecule is COC(=O)OCCCCCCS[C@@H]1O[C@@H]2O[C@@]3(C)CC[C@H]4[C@H](C)CC[C@@H]([C@H]1C)[C@@]24OO3. The number of hydrogen-bond donors (Lipinski definition) is 0. The van der Waals surface area contributed by atoms with Gasteiger partial charge in [0.1, 0.15) is 5.44 Å². The maximum atomic E-state index is 10.9. The average molecular weight is 459 g/mol. The predicted octanol–water partition coefficient (Wildman–Crippen LogP) is 5.27. The molecule has 1 saturated carbocycles. The molecule has 7 nitrogen and oxygen atoms in total. The van der Waals surface area contributed by atoms with Gasteiger partial charge in [0.25, 0.3) is 0 Å². The Labute approximate surface area is 190 Å². The van der Waals surface area contributed by atoms with Gasteiger partial charge in [0.05, 0.1) is 13.7 Å². The molecule has 1 aliphatic carbocycles. The van der Waals surface area contributed by atoms with Crippen molar-refractivity contribution >= 4 is 17.9 Å². The van der Waals surface area contributed by atoms with Crippen LogP contribution in [0.2, 0.25) is 0 Å². The summed E-state index contributed by atoms with van der Waals surface area (Å²) in [4.78, 5) is 23.0. The topological polar surface area (TPSA) is 72.5 Å². The minimum atomic E-state index is -0.709. The van der Waals surface area contributed by atoms with E-state index in [1.807, 2.05) is 18.7 Å². The van der Waals surface area contributed by atoms with Crippen molar-refractivity contribution in [2.45, 2.75) is 95.3 Å². The molecule has 0 N–H and O–H groups in total. The lowest BCUT2D eigenvalue weighted by Gasteiger charge is -2.60. The van der Waals surface area contributed by atoms with Gasteiger partial charge in [0, 0.05) is 12.3 Å². The highest BCUT2D eigenvalue weighted by molar-refractivity contribution is 7.99. The van der Waals surface area contributed by atoms with Crippen molar-refractivity contribution in [1.82, 2.24) is 0 Å². The highest BCUT2D eigenvalue weighted by Crippen LogP contribution is 2.61. The molecule has 31 heavy (non-hydrogen) atoms. The van der Waals surface area contributed by atoms with Crippen LogP contribution in [0.3, 0.4) is 0 Å². The third kappa shape index (κ3) is 4.60. The highest BCUT2D eigenvalue weighted by Gasteiger charge is 2.69. The van der Waals surface area contributed by atoms with Crippen LogP contribution in [0.1, 0.15) is 72.1 Å². The largest absolute Gasteiger partial charge is 0.507 e. The normalized spacial score (nSPS) is 43.7. The summed E-state index contributed by atoms with van der Waals surface area (Å²) in [5.41, 5.74) is -0.354. The van der Waals surface area contributed by atoms with Crippen LogP contribution in [0.5, 0.6) is 0 Å². The summed E-state index contributed by atoms with van der Waals surface area (Å²) >= 11 is 1.90. The molecule has 8 atom stereocenters. The molecule has 4 heterocycles. The zero-order chi connectivity index (χ0) is 22.1. The van der Waals surface area contributed by atoms with E-state index in [2.05, 4.69) is 18.6 Å². The van der Waals surface area contributed by atoms with Crippen LogP contribution in [-0.4, -0.2) is 48.7 Å². The van der Waals surface area contributed by atoms with Gasteiger partial charge >= 0.3 is 6.16 Å². The Bertz CT molecular complexity index is 633. The summed E-state index contributed by atoms with van der Waals surface area (Å²) in [6, 6.07) is 0. The Morgan fingerprint density at radius 3 is 2.68 bits per heavy atom. The Kier molecular flexibility index (Phi) is 7.43. The Morgan fingerprint density at radius 1 is 1.06 bits per heavy atom. The highest BCUT2D eigenvalue weighted by atomic mass is 32.2. The van der Waals surface area contributed by atoms with E-state index >= 15 is 0 Å². The molecule has 0 unspecified atom stereocenters. The first-order valence-electron chi connectivity index (χ1n) is 11.9. The Balaban J connectivity index is 1.30. The van der Waals surface area contributed by atoms with Gasteiger partial charge in [-0.1, -0.05) is 26.7 Å². The van der Waals surface area contributed by atoms with E-state index in [1.165, 1.54) is 13.5 Å². The quantitative estimate of drug-likeness (QED) is 0.277. The summed E-state index contributed by atoms with van der Waals surface area (Å²) in [6.07, 6.45) is 7.48. The molecule has 8 heteroatoms. The van der Waals surface area contributed by atoms with Crippen LogP contribution in [0, 0.1) is 23.7 Å². The number of thioether (sulfide) groups is 1. The van der Waals surface area contributed by atoms with Crippen LogP contribution in [0.25, 0.3) is 0 Å². The average Bonchev–Trinajstić information content (AvgIpc) is 2.99. The zero-order valence-electron chi connectivity index (χ0n) is 19.3. The summed E-state index contributed by atoms with van der Waals surface area (Å²) in [5.74, 6) is 2.13. The maximum absolute atomic E-state index is 10.9. The first kappa shape index (κ1) is 23.6. The molecule has 0 amide bonds. The van der Waals surface area contributed by atoms with Gasteiger partial charge in [-0.3, -0.25) is 0 Å². The van der Waals surface area contributed by atoms with E-state index in [4.69, 9.17) is 24.0 Å². The third-order valence-corrected chi connectivity index (χ3v) is 9.20.